The second kappa shape index (κ2) is 6.88. The Balaban J connectivity index is 2.68. The van der Waals surface area contributed by atoms with Gasteiger partial charge >= 0.3 is 0 Å². The van der Waals surface area contributed by atoms with Crippen molar-refractivity contribution in [2.24, 2.45) is 0 Å². The summed E-state index contributed by atoms with van der Waals surface area (Å²) in [7, 11) is 1.50. The minimum absolute atomic E-state index is 0.00891. The summed E-state index contributed by atoms with van der Waals surface area (Å²) in [5.41, 5.74) is 0.786. The van der Waals surface area contributed by atoms with Crippen LogP contribution >= 0.6 is 10.7 Å². The summed E-state index contributed by atoms with van der Waals surface area (Å²) < 4.78 is 27.2. The molecule has 1 rings (SSSR count). The maximum atomic E-state index is 11.5. The number of carbonyl (C=O) groups excluding carboxylic acids is 1. The highest BCUT2D eigenvalue weighted by Gasteiger charge is 2.12. The van der Waals surface area contributed by atoms with Gasteiger partial charge in [0.1, 0.15) is 6.61 Å². The van der Waals surface area contributed by atoms with Crippen molar-refractivity contribution in [3.8, 4) is 0 Å². The van der Waals surface area contributed by atoms with Crippen LogP contribution in [0.2, 0.25) is 0 Å². The zero-order valence-corrected chi connectivity index (χ0v) is 12.3. The summed E-state index contributed by atoms with van der Waals surface area (Å²) in [6, 6.07) is 5.80. The number of rotatable bonds is 6. The first-order valence-corrected chi connectivity index (χ1v) is 8.07. The summed E-state index contributed by atoms with van der Waals surface area (Å²) in [6.07, 6.45) is 0. The molecule has 0 spiro atoms. The van der Waals surface area contributed by atoms with Gasteiger partial charge in [0, 0.05) is 17.3 Å². The number of nitrogens with one attached hydrogen (secondary N) is 1. The molecule has 1 N–H and O–H groups in total. The van der Waals surface area contributed by atoms with Crippen molar-refractivity contribution < 1.29 is 17.9 Å². The lowest BCUT2D eigenvalue weighted by atomic mass is 10.1. The van der Waals surface area contributed by atoms with Gasteiger partial charge < -0.3 is 10.1 Å². The van der Waals surface area contributed by atoms with Crippen molar-refractivity contribution >= 4 is 25.6 Å². The fourth-order valence-corrected chi connectivity index (χ4v) is 2.25. The molecule has 0 radical (unpaired) electrons. The van der Waals surface area contributed by atoms with E-state index in [0.717, 1.165) is 5.56 Å². The third-order valence-electron chi connectivity index (χ3n) is 2.48. The van der Waals surface area contributed by atoms with Gasteiger partial charge in [-0.1, -0.05) is 12.1 Å². The lowest BCUT2D eigenvalue weighted by Crippen LogP contribution is -2.30. The number of carbonyl (C=O) groups is 1. The van der Waals surface area contributed by atoms with Crippen molar-refractivity contribution in [3.63, 3.8) is 0 Å². The van der Waals surface area contributed by atoms with Crippen LogP contribution in [0.4, 0.5) is 0 Å². The van der Waals surface area contributed by atoms with Gasteiger partial charge in [0.2, 0.25) is 5.91 Å². The summed E-state index contributed by atoms with van der Waals surface area (Å²) in [6.45, 7) is 4.09. The molecule has 19 heavy (non-hydrogen) atoms. The normalized spacial score (nSPS) is 13.0. The molecular formula is C12H16ClNO4S. The van der Waals surface area contributed by atoms with E-state index < -0.39 is 9.05 Å². The van der Waals surface area contributed by atoms with Crippen LogP contribution in [-0.2, 0) is 18.6 Å². The molecule has 0 fully saturated rings. The van der Waals surface area contributed by atoms with Gasteiger partial charge in [-0.15, -0.1) is 0 Å². The average molecular weight is 306 g/mol. The van der Waals surface area contributed by atoms with E-state index in [4.69, 9.17) is 15.4 Å². The Morgan fingerprint density at radius 1 is 1.37 bits per heavy atom. The largest absolute Gasteiger partial charge is 0.372 e. The predicted molar refractivity (Wildman–Crippen MR) is 72.5 cm³/mol. The third-order valence-corrected chi connectivity index (χ3v) is 3.85. The van der Waals surface area contributed by atoms with Crippen LogP contribution in [0.3, 0.4) is 0 Å². The number of halogens is 1. The standard InChI is InChI=1S/C12H16ClNO4S/c1-3-18-8-12(15)14-9(2)10-4-6-11(7-5-10)19(13,16)17/h4-7,9H,3,8H2,1-2H3,(H,14,15). The van der Waals surface area contributed by atoms with Crippen LogP contribution in [0, 0.1) is 0 Å². The van der Waals surface area contributed by atoms with Crippen LogP contribution in [0.1, 0.15) is 25.5 Å². The second-order valence-corrected chi connectivity index (χ2v) is 6.50. The minimum Gasteiger partial charge on any atom is -0.372 e. The summed E-state index contributed by atoms with van der Waals surface area (Å²) in [4.78, 5) is 11.5. The molecule has 0 aliphatic rings. The van der Waals surface area contributed by atoms with Crippen molar-refractivity contribution in [2.45, 2.75) is 24.8 Å². The Hall–Kier alpha value is -1.11. The van der Waals surface area contributed by atoms with Gasteiger partial charge in [-0.2, -0.15) is 0 Å². The molecule has 0 aromatic heterocycles. The fourth-order valence-electron chi connectivity index (χ4n) is 1.48. The van der Waals surface area contributed by atoms with Gasteiger partial charge in [0.25, 0.3) is 9.05 Å². The smallest absolute Gasteiger partial charge is 0.261 e. The Kier molecular flexibility index (Phi) is 5.78. The molecule has 1 atom stereocenters. The molecule has 106 valence electrons. The quantitative estimate of drug-likeness (QED) is 0.814. The average Bonchev–Trinajstić information content (AvgIpc) is 2.35. The zero-order chi connectivity index (χ0) is 14.5. The van der Waals surface area contributed by atoms with Gasteiger partial charge in [-0.25, -0.2) is 8.42 Å². The molecule has 0 saturated heterocycles. The lowest BCUT2D eigenvalue weighted by molar-refractivity contribution is -0.126. The fraction of sp³-hybridized carbons (Fsp3) is 0.417. The van der Waals surface area contributed by atoms with E-state index in [-0.39, 0.29) is 23.5 Å². The van der Waals surface area contributed by atoms with Crippen molar-refractivity contribution in [2.75, 3.05) is 13.2 Å². The summed E-state index contributed by atoms with van der Waals surface area (Å²) >= 11 is 0. The molecule has 1 amide bonds. The molecule has 0 aliphatic carbocycles. The molecule has 1 unspecified atom stereocenters. The molecule has 7 heteroatoms. The first-order chi connectivity index (χ1) is 8.84. The molecule has 5 nitrogen and oxygen atoms in total. The molecule has 1 aromatic carbocycles. The number of amides is 1. The van der Waals surface area contributed by atoms with Crippen LogP contribution in [-0.4, -0.2) is 27.5 Å². The van der Waals surface area contributed by atoms with Gasteiger partial charge in [0.05, 0.1) is 10.9 Å². The summed E-state index contributed by atoms with van der Waals surface area (Å²) in [5.74, 6) is -0.219. The van der Waals surface area contributed by atoms with Gasteiger partial charge in [-0.05, 0) is 31.5 Å². The predicted octanol–water partition coefficient (Wildman–Crippen LogP) is 1.83. The van der Waals surface area contributed by atoms with E-state index in [1.165, 1.54) is 12.1 Å². The van der Waals surface area contributed by atoms with Crippen molar-refractivity contribution in [1.82, 2.24) is 5.32 Å². The Bertz CT molecular complexity index is 527. The van der Waals surface area contributed by atoms with E-state index >= 15 is 0 Å². The van der Waals surface area contributed by atoms with Gasteiger partial charge in [0.15, 0.2) is 0 Å². The van der Waals surface area contributed by atoms with E-state index in [9.17, 15) is 13.2 Å². The number of ether oxygens (including phenoxy) is 1. The van der Waals surface area contributed by atoms with Crippen LogP contribution in [0.25, 0.3) is 0 Å². The molecule has 0 bridgehead atoms. The lowest BCUT2D eigenvalue weighted by Gasteiger charge is -2.14. The highest BCUT2D eigenvalue weighted by Crippen LogP contribution is 2.18. The highest BCUT2D eigenvalue weighted by molar-refractivity contribution is 8.13. The summed E-state index contributed by atoms with van der Waals surface area (Å²) in [5, 5.41) is 2.74. The SMILES string of the molecule is CCOCC(=O)NC(C)c1ccc(S(=O)(=O)Cl)cc1. The molecular weight excluding hydrogens is 290 g/mol. The van der Waals surface area contributed by atoms with Gasteiger partial charge in [-0.3, -0.25) is 4.79 Å². The monoisotopic (exact) mass is 305 g/mol. The second-order valence-electron chi connectivity index (χ2n) is 3.93. The number of hydrogen-bond acceptors (Lipinski definition) is 4. The topological polar surface area (TPSA) is 72.5 Å². The highest BCUT2D eigenvalue weighted by atomic mass is 35.7. The van der Waals surface area contributed by atoms with E-state index in [1.54, 1.807) is 19.1 Å². The van der Waals surface area contributed by atoms with Crippen molar-refractivity contribution in [1.29, 1.82) is 0 Å². The maximum absolute atomic E-state index is 11.5. The first-order valence-electron chi connectivity index (χ1n) is 5.76. The van der Waals surface area contributed by atoms with E-state index in [2.05, 4.69) is 5.32 Å². The van der Waals surface area contributed by atoms with Crippen LogP contribution in [0.15, 0.2) is 29.2 Å². The molecule has 0 saturated carbocycles. The Labute approximate surface area is 117 Å². The minimum atomic E-state index is -3.72. The van der Waals surface area contributed by atoms with Crippen molar-refractivity contribution in [3.05, 3.63) is 29.8 Å². The van der Waals surface area contributed by atoms with Crippen LogP contribution < -0.4 is 5.32 Å². The molecule has 1 aromatic rings. The Morgan fingerprint density at radius 3 is 2.42 bits per heavy atom. The van der Waals surface area contributed by atoms with E-state index in [1.807, 2.05) is 6.92 Å². The molecule has 0 aliphatic heterocycles. The maximum Gasteiger partial charge on any atom is 0.261 e. The van der Waals surface area contributed by atoms with Crippen LogP contribution in [0.5, 0.6) is 0 Å². The first kappa shape index (κ1) is 15.9. The third kappa shape index (κ3) is 5.18. The van der Waals surface area contributed by atoms with E-state index in [0.29, 0.717) is 6.61 Å². The Morgan fingerprint density at radius 2 is 1.95 bits per heavy atom. The number of hydrogen-bond donors (Lipinski definition) is 1. The molecule has 0 heterocycles. The number of benzene rings is 1. The zero-order valence-electron chi connectivity index (χ0n) is 10.7.